The van der Waals surface area contributed by atoms with E-state index < -0.39 is 5.60 Å². The molecule has 1 fully saturated rings. The van der Waals surface area contributed by atoms with Crippen LogP contribution in [-0.2, 0) is 7.05 Å². The Bertz CT molecular complexity index is 486. The van der Waals surface area contributed by atoms with Crippen LogP contribution in [0, 0.1) is 13.8 Å². The summed E-state index contributed by atoms with van der Waals surface area (Å²) in [6, 6.07) is 0. The third-order valence-corrected chi connectivity index (χ3v) is 4.35. The Balaban J connectivity index is 2.01. The minimum atomic E-state index is -0.740. The van der Waals surface area contributed by atoms with Crippen molar-refractivity contribution in [3.05, 3.63) is 17.0 Å². The molecule has 1 aromatic heterocycles. The van der Waals surface area contributed by atoms with Gasteiger partial charge in [0.1, 0.15) is 0 Å². The van der Waals surface area contributed by atoms with E-state index in [1.807, 2.05) is 20.9 Å². The van der Waals surface area contributed by atoms with Gasteiger partial charge >= 0.3 is 0 Å². The molecule has 5 nitrogen and oxygen atoms in total. The first-order valence-electron chi connectivity index (χ1n) is 7.44. The Morgan fingerprint density at radius 1 is 1.30 bits per heavy atom. The number of carbonyl (C=O) groups excluding carboxylic acids is 1. The number of amides is 1. The van der Waals surface area contributed by atoms with Gasteiger partial charge in [0, 0.05) is 19.3 Å². The lowest BCUT2D eigenvalue weighted by Gasteiger charge is -2.26. The molecule has 2 N–H and O–H groups in total. The maximum atomic E-state index is 12.3. The molecule has 5 heteroatoms. The molecule has 0 saturated heterocycles. The van der Waals surface area contributed by atoms with Crippen LogP contribution in [0.15, 0.2) is 0 Å². The van der Waals surface area contributed by atoms with Gasteiger partial charge in [0.05, 0.1) is 16.9 Å². The average molecular weight is 279 g/mol. The summed E-state index contributed by atoms with van der Waals surface area (Å²) in [5.74, 6) is -0.134. The molecule has 1 saturated carbocycles. The van der Waals surface area contributed by atoms with Crippen LogP contribution in [0.2, 0.25) is 0 Å². The summed E-state index contributed by atoms with van der Waals surface area (Å²) in [5.41, 5.74) is 1.48. The zero-order valence-electron chi connectivity index (χ0n) is 12.7. The number of hydrogen-bond acceptors (Lipinski definition) is 3. The fourth-order valence-corrected chi connectivity index (χ4v) is 3.00. The van der Waals surface area contributed by atoms with E-state index in [2.05, 4.69) is 10.4 Å². The first kappa shape index (κ1) is 15.0. The molecule has 0 aromatic carbocycles. The third-order valence-electron chi connectivity index (χ3n) is 4.35. The molecule has 0 spiro atoms. The van der Waals surface area contributed by atoms with Crippen LogP contribution >= 0.6 is 0 Å². The van der Waals surface area contributed by atoms with E-state index in [1.54, 1.807) is 4.68 Å². The minimum absolute atomic E-state index is 0.134. The van der Waals surface area contributed by atoms with Crippen LogP contribution in [0.1, 0.15) is 60.3 Å². The highest BCUT2D eigenvalue weighted by Crippen LogP contribution is 2.26. The predicted molar refractivity (Wildman–Crippen MR) is 77.7 cm³/mol. The number of nitrogens with one attached hydrogen (secondary N) is 1. The molecule has 0 bridgehead atoms. The first-order chi connectivity index (χ1) is 9.43. The van der Waals surface area contributed by atoms with E-state index in [0.717, 1.165) is 37.1 Å². The van der Waals surface area contributed by atoms with Gasteiger partial charge in [-0.25, -0.2) is 0 Å². The Hall–Kier alpha value is -1.36. The van der Waals surface area contributed by atoms with Gasteiger partial charge in [-0.2, -0.15) is 5.10 Å². The Labute approximate surface area is 120 Å². The first-order valence-corrected chi connectivity index (χ1v) is 7.44. The van der Waals surface area contributed by atoms with Crippen molar-refractivity contribution < 1.29 is 9.90 Å². The molecule has 0 aliphatic heterocycles. The zero-order chi connectivity index (χ0) is 14.8. The van der Waals surface area contributed by atoms with E-state index in [9.17, 15) is 9.90 Å². The average Bonchev–Trinajstić information content (AvgIpc) is 2.57. The molecule has 0 atom stereocenters. The highest BCUT2D eigenvalue weighted by molar-refractivity contribution is 5.96. The summed E-state index contributed by atoms with van der Waals surface area (Å²) in [4.78, 5) is 12.3. The predicted octanol–water partition coefficient (Wildman–Crippen LogP) is 1.85. The summed E-state index contributed by atoms with van der Waals surface area (Å²) < 4.78 is 1.71. The smallest absolute Gasteiger partial charge is 0.255 e. The molecule has 112 valence electrons. The topological polar surface area (TPSA) is 67.2 Å². The number of aryl methyl sites for hydroxylation is 2. The van der Waals surface area contributed by atoms with E-state index in [-0.39, 0.29) is 5.91 Å². The van der Waals surface area contributed by atoms with Gasteiger partial charge < -0.3 is 10.4 Å². The van der Waals surface area contributed by atoms with Gasteiger partial charge in [0.25, 0.3) is 5.91 Å². The second-order valence-corrected chi connectivity index (χ2v) is 5.99. The molecule has 0 unspecified atom stereocenters. The van der Waals surface area contributed by atoms with Crippen LogP contribution in [-0.4, -0.2) is 32.9 Å². The van der Waals surface area contributed by atoms with Crippen molar-refractivity contribution in [1.29, 1.82) is 0 Å². The SMILES string of the molecule is Cc1nn(C)c(C)c1C(=O)NCC1(O)CCCCCC1. The van der Waals surface area contributed by atoms with Crippen molar-refractivity contribution in [3.63, 3.8) is 0 Å². The second kappa shape index (κ2) is 5.95. The van der Waals surface area contributed by atoms with E-state index in [4.69, 9.17) is 0 Å². The van der Waals surface area contributed by atoms with Crippen molar-refractivity contribution >= 4 is 5.91 Å². The summed E-state index contributed by atoms with van der Waals surface area (Å²) in [6.07, 6.45) is 5.99. The highest BCUT2D eigenvalue weighted by atomic mass is 16.3. The normalized spacial score (nSPS) is 18.6. The number of nitrogens with zero attached hydrogens (tertiary/aromatic N) is 2. The molecule has 2 rings (SSSR count). The molecule has 1 aromatic rings. The van der Waals surface area contributed by atoms with Gasteiger partial charge in [-0.15, -0.1) is 0 Å². The molecular formula is C15H25N3O2. The van der Waals surface area contributed by atoms with Gasteiger partial charge in [-0.05, 0) is 26.7 Å². The van der Waals surface area contributed by atoms with Crippen LogP contribution in [0.5, 0.6) is 0 Å². The molecular weight excluding hydrogens is 254 g/mol. The summed E-state index contributed by atoms with van der Waals surface area (Å²) in [6.45, 7) is 4.05. The van der Waals surface area contributed by atoms with Crippen LogP contribution < -0.4 is 5.32 Å². The van der Waals surface area contributed by atoms with Gasteiger partial charge in [0.15, 0.2) is 0 Å². The number of hydrogen-bond donors (Lipinski definition) is 2. The van der Waals surface area contributed by atoms with Crippen molar-refractivity contribution in [2.75, 3.05) is 6.54 Å². The van der Waals surface area contributed by atoms with Crippen molar-refractivity contribution in [2.24, 2.45) is 7.05 Å². The van der Waals surface area contributed by atoms with Crippen LogP contribution in [0.3, 0.4) is 0 Å². The Morgan fingerprint density at radius 2 is 1.90 bits per heavy atom. The maximum Gasteiger partial charge on any atom is 0.255 e. The molecule has 20 heavy (non-hydrogen) atoms. The summed E-state index contributed by atoms with van der Waals surface area (Å²) in [7, 11) is 1.83. The fourth-order valence-electron chi connectivity index (χ4n) is 3.00. The monoisotopic (exact) mass is 279 g/mol. The highest BCUT2D eigenvalue weighted by Gasteiger charge is 2.29. The molecule has 1 amide bonds. The largest absolute Gasteiger partial charge is 0.388 e. The quantitative estimate of drug-likeness (QED) is 0.830. The second-order valence-electron chi connectivity index (χ2n) is 5.99. The molecule has 1 aliphatic carbocycles. The van der Waals surface area contributed by atoms with E-state index in [1.165, 1.54) is 12.8 Å². The zero-order valence-corrected chi connectivity index (χ0v) is 12.7. The molecule has 1 heterocycles. The molecule has 1 aliphatic rings. The Kier molecular flexibility index (Phi) is 4.48. The fraction of sp³-hybridized carbons (Fsp3) is 0.733. The number of aromatic nitrogens is 2. The van der Waals surface area contributed by atoms with Gasteiger partial charge in [-0.1, -0.05) is 25.7 Å². The number of aliphatic hydroxyl groups is 1. The van der Waals surface area contributed by atoms with Crippen molar-refractivity contribution in [2.45, 2.75) is 58.0 Å². The van der Waals surface area contributed by atoms with E-state index in [0.29, 0.717) is 12.1 Å². The van der Waals surface area contributed by atoms with Gasteiger partial charge in [0.2, 0.25) is 0 Å². The van der Waals surface area contributed by atoms with Crippen LogP contribution in [0.4, 0.5) is 0 Å². The summed E-state index contributed by atoms with van der Waals surface area (Å²) in [5, 5.41) is 17.7. The van der Waals surface area contributed by atoms with Crippen LogP contribution in [0.25, 0.3) is 0 Å². The Morgan fingerprint density at radius 3 is 2.40 bits per heavy atom. The van der Waals surface area contributed by atoms with E-state index >= 15 is 0 Å². The van der Waals surface area contributed by atoms with Gasteiger partial charge in [-0.3, -0.25) is 9.48 Å². The lowest BCUT2D eigenvalue weighted by atomic mass is 9.94. The lowest BCUT2D eigenvalue weighted by molar-refractivity contribution is 0.0246. The minimum Gasteiger partial charge on any atom is -0.388 e. The lowest BCUT2D eigenvalue weighted by Crippen LogP contribution is -2.42. The standard InChI is InChI=1S/C15H25N3O2/c1-11-13(12(2)18(3)17-11)14(19)16-10-15(20)8-6-4-5-7-9-15/h20H,4-10H2,1-3H3,(H,16,19). The number of carbonyl (C=O) groups is 1. The number of rotatable bonds is 3. The third kappa shape index (κ3) is 3.20. The van der Waals surface area contributed by atoms with Crippen molar-refractivity contribution in [3.8, 4) is 0 Å². The molecule has 0 radical (unpaired) electrons. The van der Waals surface area contributed by atoms with Crippen molar-refractivity contribution in [1.82, 2.24) is 15.1 Å². The maximum absolute atomic E-state index is 12.3. The summed E-state index contributed by atoms with van der Waals surface area (Å²) >= 11 is 0.